The number of aryl methyl sites for hydroxylation is 1. The second-order valence-electron chi connectivity index (χ2n) is 12.8. The summed E-state index contributed by atoms with van der Waals surface area (Å²) in [7, 11) is 0. The van der Waals surface area contributed by atoms with Crippen LogP contribution in [0.25, 0.3) is 0 Å². The number of ether oxygens (including phenoxy) is 2. The number of carbonyl (C=O) groups is 1. The highest BCUT2D eigenvalue weighted by atomic mass is 35.5. The van der Waals surface area contributed by atoms with Gasteiger partial charge in [0.15, 0.2) is 0 Å². The number of nitrogens with zero attached hydrogens (tertiary/aromatic N) is 1. The van der Waals surface area contributed by atoms with E-state index in [-0.39, 0.29) is 11.3 Å². The lowest BCUT2D eigenvalue weighted by molar-refractivity contribution is -0.168. The van der Waals surface area contributed by atoms with Crippen LogP contribution in [0.15, 0.2) is 60.8 Å². The Hall–Kier alpha value is -3.23. The molecule has 1 unspecified atom stereocenters. The first-order valence-corrected chi connectivity index (χ1v) is 16.0. The van der Waals surface area contributed by atoms with E-state index in [9.17, 15) is 18.7 Å². The first-order chi connectivity index (χ1) is 21.2. The summed E-state index contributed by atoms with van der Waals surface area (Å²) >= 11 is 6.20. The Morgan fingerprint density at radius 2 is 1.93 bits per heavy atom. The number of pyridine rings is 1. The number of anilines is 1. The van der Waals surface area contributed by atoms with E-state index in [1.54, 1.807) is 24.4 Å². The van der Waals surface area contributed by atoms with Gasteiger partial charge in [-0.1, -0.05) is 48.9 Å². The second kappa shape index (κ2) is 12.6. The van der Waals surface area contributed by atoms with Crippen LogP contribution < -0.4 is 10.1 Å². The Kier molecular flexibility index (Phi) is 8.84. The Balaban J connectivity index is 1.18. The van der Waals surface area contributed by atoms with Crippen molar-refractivity contribution < 1.29 is 28.2 Å². The van der Waals surface area contributed by atoms with Crippen LogP contribution in [0.3, 0.4) is 0 Å². The molecule has 6 nitrogen and oxygen atoms in total. The summed E-state index contributed by atoms with van der Waals surface area (Å²) in [6.45, 7) is -0.243. The highest BCUT2D eigenvalue weighted by Crippen LogP contribution is 2.56. The fourth-order valence-electron chi connectivity index (χ4n) is 8.02. The summed E-state index contributed by atoms with van der Waals surface area (Å²) in [5.74, 6) is 0.251. The summed E-state index contributed by atoms with van der Waals surface area (Å²) < 4.78 is 37.6. The standard InChI is InChI=1S/C35H39ClF2N2O4/c1-22(21-43-29-12-17-39-28-10-5-11-30(31(28)29)44-33(37)38)18-24-19-23-6-2-3-9-27(23)34(24)13-15-35(16-14-34,32(41)42)40-26-8-4-7-25(36)20-26/h2-4,6-9,12,17,20,22,24,30,33,40H,5,10-11,13-16,18-19,21H2,1H3,(H,41,42)/t22-,24+,30?,34?,35?/m1/s1. The molecule has 1 heterocycles. The number of rotatable bonds is 10. The first kappa shape index (κ1) is 30.8. The van der Waals surface area contributed by atoms with Crippen molar-refractivity contribution in [3.05, 3.63) is 88.2 Å². The quantitative estimate of drug-likeness (QED) is 0.236. The number of hydrogen-bond donors (Lipinski definition) is 2. The molecule has 1 fully saturated rings. The zero-order valence-electron chi connectivity index (χ0n) is 24.9. The molecule has 3 aliphatic carbocycles. The van der Waals surface area contributed by atoms with Gasteiger partial charge in [-0.3, -0.25) is 4.98 Å². The van der Waals surface area contributed by atoms with Crippen LogP contribution >= 0.6 is 11.6 Å². The molecule has 2 N–H and O–H groups in total. The molecular weight excluding hydrogens is 586 g/mol. The molecule has 9 heteroatoms. The molecule has 6 rings (SSSR count). The molecule has 44 heavy (non-hydrogen) atoms. The Bertz CT molecular complexity index is 1490. The van der Waals surface area contributed by atoms with Gasteiger partial charge in [-0.15, -0.1) is 0 Å². The highest BCUT2D eigenvalue weighted by Gasteiger charge is 2.54. The maximum atomic E-state index is 13.2. The number of nitrogens with one attached hydrogen (secondary N) is 1. The van der Waals surface area contributed by atoms with Crippen molar-refractivity contribution in [2.24, 2.45) is 11.8 Å². The lowest BCUT2D eigenvalue weighted by Gasteiger charge is -2.47. The first-order valence-electron chi connectivity index (χ1n) is 15.6. The predicted molar refractivity (Wildman–Crippen MR) is 166 cm³/mol. The summed E-state index contributed by atoms with van der Waals surface area (Å²) in [4.78, 5) is 17.1. The number of aromatic nitrogens is 1. The molecule has 3 atom stereocenters. The van der Waals surface area contributed by atoms with Crippen molar-refractivity contribution in [2.45, 2.75) is 88.4 Å². The Morgan fingerprint density at radius 3 is 2.68 bits per heavy atom. The molecular formula is C35H39ClF2N2O4. The maximum absolute atomic E-state index is 13.2. The van der Waals surface area contributed by atoms with E-state index >= 15 is 0 Å². The van der Waals surface area contributed by atoms with E-state index in [1.165, 1.54) is 11.1 Å². The Morgan fingerprint density at radius 1 is 1.14 bits per heavy atom. The Labute approximate surface area is 262 Å². The summed E-state index contributed by atoms with van der Waals surface area (Å²) in [6, 6.07) is 17.6. The van der Waals surface area contributed by atoms with E-state index in [2.05, 4.69) is 41.5 Å². The summed E-state index contributed by atoms with van der Waals surface area (Å²) in [5.41, 5.74) is 3.63. The van der Waals surface area contributed by atoms with Crippen LogP contribution in [-0.4, -0.2) is 34.8 Å². The molecule has 234 valence electrons. The molecule has 0 radical (unpaired) electrons. The monoisotopic (exact) mass is 624 g/mol. The van der Waals surface area contributed by atoms with Gasteiger partial charge >= 0.3 is 12.6 Å². The van der Waals surface area contributed by atoms with Gasteiger partial charge < -0.3 is 19.9 Å². The van der Waals surface area contributed by atoms with Crippen LogP contribution in [0.4, 0.5) is 14.5 Å². The average molecular weight is 625 g/mol. The number of halogens is 3. The lowest BCUT2D eigenvalue weighted by atomic mass is 9.59. The van der Waals surface area contributed by atoms with E-state index < -0.39 is 24.2 Å². The molecule has 0 amide bonds. The highest BCUT2D eigenvalue weighted by molar-refractivity contribution is 6.30. The number of carboxylic acid groups (broad SMARTS) is 1. The van der Waals surface area contributed by atoms with E-state index in [1.807, 2.05) is 12.1 Å². The number of alkyl halides is 2. The molecule has 0 saturated heterocycles. The normalized spacial score (nSPS) is 26.7. The smallest absolute Gasteiger partial charge is 0.345 e. The minimum absolute atomic E-state index is 0.119. The SMILES string of the molecule is C[C@@H](COc1ccnc2c1C(OC(F)F)CCC2)C[C@H]1Cc2ccccc2C12CCC(Nc1cccc(Cl)c1)(C(=O)O)CC2. The zero-order chi connectivity index (χ0) is 30.9. The fraction of sp³-hybridized carbons (Fsp3) is 0.486. The summed E-state index contributed by atoms with van der Waals surface area (Å²) in [6.07, 6.45) is 7.30. The van der Waals surface area contributed by atoms with Gasteiger partial charge in [0.25, 0.3) is 0 Å². The van der Waals surface area contributed by atoms with Crippen molar-refractivity contribution in [3.63, 3.8) is 0 Å². The molecule has 3 aliphatic rings. The van der Waals surface area contributed by atoms with E-state index in [4.69, 9.17) is 21.1 Å². The van der Waals surface area contributed by atoms with Crippen LogP contribution in [0.1, 0.15) is 80.4 Å². The number of hydrogen-bond acceptors (Lipinski definition) is 5. The van der Waals surface area contributed by atoms with Crippen molar-refractivity contribution in [2.75, 3.05) is 11.9 Å². The molecule has 0 aliphatic heterocycles. The molecule has 1 saturated carbocycles. The van der Waals surface area contributed by atoms with Crippen molar-refractivity contribution >= 4 is 23.3 Å². The van der Waals surface area contributed by atoms with Gasteiger partial charge in [0.2, 0.25) is 0 Å². The predicted octanol–water partition coefficient (Wildman–Crippen LogP) is 8.38. The van der Waals surface area contributed by atoms with Crippen molar-refractivity contribution in [3.8, 4) is 5.75 Å². The van der Waals surface area contributed by atoms with Crippen LogP contribution in [0.5, 0.6) is 5.75 Å². The topological polar surface area (TPSA) is 80.7 Å². The molecule has 1 spiro atoms. The molecule has 1 aromatic heterocycles. The molecule has 3 aromatic rings. The van der Waals surface area contributed by atoms with Gasteiger partial charge in [0.05, 0.1) is 12.7 Å². The van der Waals surface area contributed by atoms with Crippen LogP contribution in [0.2, 0.25) is 5.02 Å². The third-order valence-electron chi connectivity index (χ3n) is 10.1. The van der Waals surface area contributed by atoms with E-state index in [0.29, 0.717) is 53.8 Å². The van der Waals surface area contributed by atoms with Gasteiger partial charge in [-0.25, -0.2) is 4.79 Å². The largest absolute Gasteiger partial charge is 0.493 e. The van der Waals surface area contributed by atoms with Gasteiger partial charge in [0.1, 0.15) is 11.3 Å². The van der Waals surface area contributed by atoms with Gasteiger partial charge in [-0.2, -0.15) is 8.78 Å². The number of fused-ring (bicyclic) bond motifs is 3. The van der Waals surface area contributed by atoms with Crippen LogP contribution in [-0.2, 0) is 27.8 Å². The minimum Gasteiger partial charge on any atom is -0.493 e. The van der Waals surface area contributed by atoms with Gasteiger partial charge in [0, 0.05) is 28.2 Å². The van der Waals surface area contributed by atoms with Crippen LogP contribution in [0, 0.1) is 11.8 Å². The number of aliphatic carboxylic acids is 1. The molecule has 2 aromatic carbocycles. The fourth-order valence-corrected chi connectivity index (χ4v) is 8.21. The van der Waals surface area contributed by atoms with Crippen molar-refractivity contribution in [1.82, 2.24) is 4.98 Å². The average Bonchev–Trinajstić information content (AvgIpc) is 3.29. The van der Waals surface area contributed by atoms with E-state index in [0.717, 1.165) is 44.2 Å². The zero-order valence-corrected chi connectivity index (χ0v) is 25.7. The minimum atomic E-state index is -2.85. The second-order valence-corrected chi connectivity index (χ2v) is 13.3. The molecule has 0 bridgehead atoms. The lowest BCUT2D eigenvalue weighted by Crippen LogP contribution is -2.53. The number of carboxylic acids is 1. The third kappa shape index (κ3) is 6.03. The van der Waals surface area contributed by atoms with Crippen molar-refractivity contribution in [1.29, 1.82) is 0 Å². The number of benzene rings is 2. The third-order valence-corrected chi connectivity index (χ3v) is 10.4. The summed E-state index contributed by atoms with van der Waals surface area (Å²) in [5, 5.41) is 14.3. The van der Waals surface area contributed by atoms with Gasteiger partial charge in [-0.05, 0) is 110 Å². The maximum Gasteiger partial charge on any atom is 0.345 e.